The van der Waals surface area contributed by atoms with Crippen LogP contribution >= 0.6 is 11.3 Å². The number of nitrogens with one attached hydrogen (secondary N) is 1. The van der Waals surface area contributed by atoms with Gasteiger partial charge < -0.3 is 14.8 Å². The van der Waals surface area contributed by atoms with Crippen LogP contribution in [0.4, 0.5) is 4.79 Å². The number of aryl methyl sites for hydroxylation is 1. The van der Waals surface area contributed by atoms with Gasteiger partial charge in [0.05, 0.1) is 11.4 Å². The second-order valence-electron chi connectivity index (χ2n) is 11.4. The van der Waals surface area contributed by atoms with E-state index in [1.165, 1.54) is 0 Å². The van der Waals surface area contributed by atoms with Crippen LogP contribution in [0, 0.1) is 6.92 Å². The first kappa shape index (κ1) is 28.0. The van der Waals surface area contributed by atoms with Crippen LogP contribution in [0.25, 0.3) is 38.3 Å². The molecule has 1 saturated heterocycles. The molecule has 0 spiro atoms. The summed E-state index contributed by atoms with van der Waals surface area (Å²) in [6.07, 6.45) is 7.10. The summed E-state index contributed by atoms with van der Waals surface area (Å²) in [5.41, 5.74) is 5.01. The molecule has 10 nitrogen and oxygen atoms in total. The van der Waals surface area contributed by atoms with Gasteiger partial charge in [-0.2, -0.15) is 0 Å². The standard InChI is InChI=1S/C31H35N7O3S/c1-20-26(37-18-21(13-14-23(37)34-20)15-16-32-30(39)41-31(2,3)4)29-35-25(22-10-6-5-7-11-22)27(42-29)28-33-19-38(36-28)24-12-8-9-17-40-24/h5-7,10-11,13-14,18-19,24H,8-9,12,15-17H2,1-4H3,(H,32,39). The Morgan fingerprint density at radius 1 is 1.14 bits per heavy atom. The molecule has 1 unspecified atom stereocenters. The number of fused-ring (bicyclic) bond motifs is 1. The molecule has 11 heteroatoms. The fraction of sp³-hybridized carbons (Fsp3) is 0.387. The van der Waals surface area contributed by atoms with E-state index in [0.29, 0.717) is 18.8 Å². The van der Waals surface area contributed by atoms with Crippen LogP contribution in [-0.2, 0) is 15.9 Å². The summed E-state index contributed by atoms with van der Waals surface area (Å²) < 4.78 is 15.2. The molecule has 42 heavy (non-hydrogen) atoms. The Balaban J connectivity index is 1.33. The van der Waals surface area contributed by atoms with Gasteiger partial charge in [0.1, 0.15) is 33.2 Å². The van der Waals surface area contributed by atoms with Crippen molar-refractivity contribution in [3.63, 3.8) is 0 Å². The number of rotatable bonds is 7. The van der Waals surface area contributed by atoms with Crippen molar-refractivity contribution in [2.45, 2.75) is 65.2 Å². The number of aromatic nitrogens is 6. The Labute approximate surface area is 248 Å². The third kappa shape index (κ3) is 6.07. The number of carbonyl (C=O) groups is 1. The summed E-state index contributed by atoms with van der Waals surface area (Å²) in [5.74, 6) is 0.632. The Bertz CT molecular complexity index is 1690. The van der Waals surface area contributed by atoms with Gasteiger partial charge in [-0.05, 0) is 65.0 Å². The minimum Gasteiger partial charge on any atom is -0.444 e. The molecular formula is C31H35N7O3S. The molecule has 0 radical (unpaired) electrons. The lowest BCUT2D eigenvalue weighted by Crippen LogP contribution is -2.33. The molecule has 6 rings (SSSR count). The second kappa shape index (κ2) is 11.7. The van der Waals surface area contributed by atoms with Gasteiger partial charge in [-0.15, -0.1) is 16.4 Å². The number of thiazole rings is 1. The van der Waals surface area contributed by atoms with E-state index in [2.05, 4.69) is 33.0 Å². The number of ether oxygens (including phenoxy) is 2. The molecule has 0 bridgehead atoms. The second-order valence-corrected chi connectivity index (χ2v) is 12.4. The van der Waals surface area contributed by atoms with Crippen LogP contribution in [0.15, 0.2) is 55.0 Å². The van der Waals surface area contributed by atoms with Crippen molar-refractivity contribution in [1.82, 2.24) is 34.4 Å². The van der Waals surface area contributed by atoms with Gasteiger partial charge in [0.2, 0.25) is 0 Å². The molecule has 5 aromatic rings. The van der Waals surface area contributed by atoms with Crippen molar-refractivity contribution >= 4 is 23.1 Å². The van der Waals surface area contributed by atoms with E-state index < -0.39 is 11.7 Å². The Morgan fingerprint density at radius 2 is 1.98 bits per heavy atom. The molecule has 0 aliphatic carbocycles. The van der Waals surface area contributed by atoms with E-state index in [-0.39, 0.29) is 6.23 Å². The molecule has 1 amide bonds. The van der Waals surface area contributed by atoms with Crippen molar-refractivity contribution in [2.24, 2.45) is 0 Å². The summed E-state index contributed by atoms with van der Waals surface area (Å²) in [6.45, 7) is 8.76. The van der Waals surface area contributed by atoms with Gasteiger partial charge in [0.15, 0.2) is 12.1 Å². The monoisotopic (exact) mass is 585 g/mol. The quantitative estimate of drug-likeness (QED) is 0.234. The van der Waals surface area contributed by atoms with Gasteiger partial charge in [-0.25, -0.2) is 24.4 Å². The number of alkyl carbamates (subject to hydrolysis) is 1. The summed E-state index contributed by atoms with van der Waals surface area (Å²) in [5, 5.41) is 8.51. The smallest absolute Gasteiger partial charge is 0.407 e. The SMILES string of the molecule is Cc1nc2ccc(CCNC(=O)OC(C)(C)C)cn2c1-c1nc(-c2ccccc2)c(-c2ncn(C3CCCCO3)n2)s1. The number of carbonyl (C=O) groups excluding carboxylic acids is 1. The van der Waals surface area contributed by atoms with E-state index >= 15 is 0 Å². The van der Waals surface area contributed by atoms with Crippen molar-refractivity contribution in [3.8, 4) is 32.7 Å². The molecule has 1 aliphatic rings. The van der Waals surface area contributed by atoms with Crippen LogP contribution in [0.5, 0.6) is 0 Å². The summed E-state index contributed by atoms with van der Waals surface area (Å²) in [6, 6.07) is 14.2. The maximum Gasteiger partial charge on any atom is 0.407 e. The van der Waals surface area contributed by atoms with E-state index in [4.69, 9.17) is 24.5 Å². The van der Waals surface area contributed by atoms with Gasteiger partial charge >= 0.3 is 6.09 Å². The Kier molecular flexibility index (Phi) is 7.78. The molecule has 1 aliphatic heterocycles. The number of pyridine rings is 1. The topological polar surface area (TPSA) is 108 Å². The molecule has 1 fully saturated rings. The number of nitrogens with zero attached hydrogens (tertiary/aromatic N) is 6. The zero-order valence-electron chi connectivity index (χ0n) is 24.3. The molecule has 4 aromatic heterocycles. The maximum absolute atomic E-state index is 12.1. The molecule has 0 saturated carbocycles. The fourth-order valence-electron chi connectivity index (χ4n) is 5.05. The van der Waals surface area contributed by atoms with Gasteiger partial charge in [-0.1, -0.05) is 36.4 Å². The zero-order valence-corrected chi connectivity index (χ0v) is 25.1. The predicted molar refractivity (Wildman–Crippen MR) is 162 cm³/mol. The molecule has 1 atom stereocenters. The number of amides is 1. The first-order valence-electron chi connectivity index (χ1n) is 14.3. The summed E-state index contributed by atoms with van der Waals surface area (Å²) in [4.78, 5) is 27.6. The lowest BCUT2D eigenvalue weighted by molar-refractivity contribution is -0.0395. The van der Waals surface area contributed by atoms with Gasteiger partial charge in [0, 0.05) is 24.9 Å². The van der Waals surface area contributed by atoms with Crippen LogP contribution in [0.3, 0.4) is 0 Å². The van der Waals surface area contributed by atoms with Crippen LogP contribution in [0.1, 0.15) is 57.5 Å². The molecule has 218 valence electrons. The van der Waals surface area contributed by atoms with Crippen LogP contribution < -0.4 is 5.32 Å². The molecule has 5 heterocycles. The normalized spacial score (nSPS) is 15.7. The third-order valence-electron chi connectivity index (χ3n) is 6.98. The van der Waals surface area contributed by atoms with Crippen LogP contribution in [-0.4, -0.2) is 54.0 Å². The largest absolute Gasteiger partial charge is 0.444 e. The van der Waals surface area contributed by atoms with Crippen LogP contribution in [0.2, 0.25) is 0 Å². The first-order chi connectivity index (χ1) is 20.2. The summed E-state index contributed by atoms with van der Waals surface area (Å²) in [7, 11) is 0. The Morgan fingerprint density at radius 3 is 2.74 bits per heavy atom. The van der Waals surface area contributed by atoms with Gasteiger partial charge in [0.25, 0.3) is 0 Å². The van der Waals surface area contributed by atoms with E-state index in [1.807, 2.05) is 62.7 Å². The maximum atomic E-state index is 12.1. The van der Waals surface area contributed by atoms with E-state index in [0.717, 1.165) is 69.6 Å². The van der Waals surface area contributed by atoms with Gasteiger partial charge in [-0.3, -0.25) is 4.40 Å². The highest BCUT2D eigenvalue weighted by Gasteiger charge is 2.24. The number of benzene rings is 1. The third-order valence-corrected chi connectivity index (χ3v) is 8.03. The number of imidazole rings is 1. The average molecular weight is 586 g/mol. The number of hydrogen-bond donors (Lipinski definition) is 1. The highest BCUT2D eigenvalue weighted by molar-refractivity contribution is 7.18. The van der Waals surface area contributed by atoms with Crippen molar-refractivity contribution in [3.05, 3.63) is 66.2 Å². The molecular weight excluding hydrogens is 550 g/mol. The minimum atomic E-state index is -0.533. The molecule has 1 aromatic carbocycles. The van der Waals surface area contributed by atoms with E-state index in [9.17, 15) is 4.79 Å². The summed E-state index contributed by atoms with van der Waals surface area (Å²) >= 11 is 1.56. The molecule has 1 N–H and O–H groups in total. The number of hydrogen-bond acceptors (Lipinski definition) is 8. The predicted octanol–water partition coefficient (Wildman–Crippen LogP) is 6.46. The van der Waals surface area contributed by atoms with Crippen molar-refractivity contribution in [1.29, 1.82) is 0 Å². The van der Waals surface area contributed by atoms with Crippen molar-refractivity contribution in [2.75, 3.05) is 13.2 Å². The highest BCUT2D eigenvalue weighted by Crippen LogP contribution is 2.40. The van der Waals surface area contributed by atoms with E-state index in [1.54, 1.807) is 17.7 Å². The fourth-order valence-corrected chi connectivity index (χ4v) is 6.17. The minimum absolute atomic E-state index is 0.0863. The Hall–Kier alpha value is -4.09. The zero-order chi connectivity index (χ0) is 29.3. The average Bonchev–Trinajstić information content (AvgIpc) is 3.69. The highest BCUT2D eigenvalue weighted by atomic mass is 32.1. The first-order valence-corrected chi connectivity index (χ1v) is 15.1. The lowest BCUT2D eigenvalue weighted by atomic mass is 10.1. The van der Waals surface area contributed by atoms with Crippen molar-refractivity contribution < 1.29 is 14.3 Å². The lowest BCUT2D eigenvalue weighted by Gasteiger charge is -2.21.